The number of carbonyl (C=O) groups excluding carboxylic acids is 1. The maximum absolute atomic E-state index is 12.7. The third-order valence-corrected chi connectivity index (χ3v) is 4.39. The molecule has 2 aromatic rings. The van der Waals surface area contributed by atoms with E-state index >= 15 is 0 Å². The van der Waals surface area contributed by atoms with Crippen LogP contribution < -0.4 is 5.32 Å². The molecule has 0 radical (unpaired) electrons. The van der Waals surface area contributed by atoms with E-state index in [0.29, 0.717) is 12.2 Å². The number of hydrogen-bond acceptors (Lipinski definition) is 2. The summed E-state index contributed by atoms with van der Waals surface area (Å²) >= 11 is 0. The second kappa shape index (κ2) is 6.23. The van der Waals surface area contributed by atoms with Crippen molar-refractivity contribution in [3.05, 3.63) is 71.8 Å². The first kappa shape index (κ1) is 14.0. The van der Waals surface area contributed by atoms with Crippen molar-refractivity contribution in [1.82, 2.24) is 5.32 Å². The van der Waals surface area contributed by atoms with Gasteiger partial charge in [-0.05, 0) is 24.0 Å². The van der Waals surface area contributed by atoms with Crippen molar-refractivity contribution in [3.63, 3.8) is 0 Å². The van der Waals surface area contributed by atoms with Crippen LogP contribution in [-0.4, -0.2) is 5.78 Å². The van der Waals surface area contributed by atoms with E-state index in [2.05, 4.69) is 29.6 Å². The van der Waals surface area contributed by atoms with Gasteiger partial charge in [-0.1, -0.05) is 67.1 Å². The number of carbonyl (C=O) groups is 1. The van der Waals surface area contributed by atoms with E-state index in [1.54, 1.807) is 0 Å². The number of benzene rings is 2. The van der Waals surface area contributed by atoms with Crippen LogP contribution in [0.2, 0.25) is 0 Å². The minimum absolute atomic E-state index is 0.330. The lowest BCUT2D eigenvalue weighted by Crippen LogP contribution is -2.50. The summed E-state index contributed by atoms with van der Waals surface area (Å²) in [6.07, 6.45) is 3.68. The largest absolute Gasteiger partial charge is 0.297 e. The molecule has 1 unspecified atom stereocenters. The van der Waals surface area contributed by atoms with E-state index in [1.807, 2.05) is 36.4 Å². The highest BCUT2D eigenvalue weighted by Gasteiger charge is 2.40. The van der Waals surface area contributed by atoms with Gasteiger partial charge in [0.15, 0.2) is 5.78 Å². The molecule has 1 aliphatic carbocycles. The van der Waals surface area contributed by atoms with E-state index in [-0.39, 0.29) is 0 Å². The van der Waals surface area contributed by atoms with Crippen LogP contribution in [0.4, 0.5) is 0 Å². The molecule has 0 heterocycles. The molecule has 2 aromatic carbocycles. The Labute approximate surface area is 126 Å². The predicted molar refractivity (Wildman–Crippen MR) is 84.9 cm³/mol. The number of nitrogens with one attached hydrogen (secondary N) is 1. The maximum Gasteiger partial charge on any atom is 0.157 e. The fourth-order valence-corrected chi connectivity index (χ4v) is 3.19. The van der Waals surface area contributed by atoms with Gasteiger partial charge in [-0.3, -0.25) is 10.1 Å². The van der Waals surface area contributed by atoms with E-state index in [1.165, 1.54) is 5.56 Å². The Balaban J connectivity index is 1.88. The first-order chi connectivity index (χ1) is 10.3. The highest BCUT2D eigenvalue weighted by atomic mass is 16.1. The van der Waals surface area contributed by atoms with Crippen molar-refractivity contribution in [2.24, 2.45) is 0 Å². The van der Waals surface area contributed by atoms with Gasteiger partial charge in [-0.2, -0.15) is 0 Å². The van der Waals surface area contributed by atoms with E-state index in [9.17, 15) is 4.79 Å². The molecule has 21 heavy (non-hydrogen) atoms. The zero-order valence-electron chi connectivity index (χ0n) is 12.2. The molecule has 1 fully saturated rings. The second-order valence-corrected chi connectivity index (χ2v) is 5.74. The van der Waals surface area contributed by atoms with Gasteiger partial charge in [-0.15, -0.1) is 0 Å². The first-order valence-corrected chi connectivity index (χ1v) is 7.69. The lowest BCUT2D eigenvalue weighted by molar-refractivity contribution is -0.128. The van der Waals surface area contributed by atoms with E-state index < -0.39 is 5.54 Å². The van der Waals surface area contributed by atoms with Gasteiger partial charge < -0.3 is 0 Å². The highest BCUT2D eigenvalue weighted by molar-refractivity contribution is 5.90. The zero-order chi connectivity index (χ0) is 14.5. The SMILES string of the molecule is O=C1CCCCC1(NCc1ccccc1)c1ccccc1. The molecular formula is C19H21NO. The van der Waals surface area contributed by atoms with Crippen LogP contribution in [-0.2, 0) is 16.9 Å². The Hall–Kier alpha value is -1.93. The normalized spacial score (nSPS) is 22.2. The van der Waals surface area contributed by atoms with Crippen molar-refractivity contribution in [1.29, 1.82) is 0 Å². The van der Waals surface area contributed by atoms with Gasteiger partial charge >= 0.3 is 0 Å². The van der Waals surface area contributed by atoms with Gasteiger partial charge in [0.1, 0.15) is 5.54 Å². The number of Topliss-reactive ketones (excluding diaryl/α,β-unsaturated/α-hetero) is 1. The summed E-state index contributed by atoms with van der Waals surface area (Å²) in [6, 6.07) is 20.5. The zero-order valence-corrected chi connectivity index (χ0v) is 12.2. The molecule has 1 aliphatic rings. The summed E-state index contributed by atoms with van der Waals surface area (Å²) in [6.45, 7) is 0.724. The fourth-order valence-electron chi connectivity index (χ4n) is 3.19. The smallest absolute Gasteiger partial charge is 0.157 e. The third-order valence-electron chi connectivity index (χ3n) is 4.39. The van der Waals surface area contributed by atoms with Crippen LogP contribution in [0.5, 0.6) is 0 Å². The van der Waals surface area contributed by atoms with Gasteiger partial charge in [0, 0.05) is 13.0 Å². The molecule has 1 saturated carbocycles. The lowest BCUT2D eigenvalue weighted by Gasteiger charge is -2.37. The second-order valence-electron chi connectivity index (χ2n) is 5.74. The van der Waals surface area contributed by atoms with Crippen molar-refractivity contribution in [3.8, 4) is 0 Å². The fraction of sp³-hybridized carbons (Fsp3) is 0.316. The standard InChI is InChI=1S/C19H21NO/c21-18-13-7-8-14-19(18,17-11-5-2-6-12-17)20-15-16-9-3-1-4-10-16/h1-6,9-12,20H,7-8,13-15H2. The average Bonchev–Trinajstić information content (AvgIpc) is 2.56. The number of ketones is 1. The Morgan fingerprint density at radius 2 is 1.57 bits per heavy atom. The molecule has 0 saturated heterocycles. The summed E-state index contributed by atoms with van der Waals surface area (Å²) in [5, 5.41) is 3.57. The van der Waals surface area contributed by atoms with Crippen molar-refractivity contribution >= 4 is 5.78 Å². The van der Waals surface area contributed by atoms with Crippen LogP contribution in [0.15, 0.2) is 60.7 Å². The highest BCUT2D eigenvalue weighted by Crippen LogP contribution is 2.34. The van der Waals surface area contributed by atoms with Gasteiger partial charge in [0.25, 0.3) is 0 Å². The molecule has 0 amide bonds. The van der Waals surface area contributed by atoms with Crippen molar-refractivity contribution < 1.29 is 4.79 Å². The van der Waals surface area contributed by atoms with E-state index in [4.69, 9.17) is 0 Å². The summed E-state index contributed by atoms with van der Waals surface area (Å²) in [5.41, 5.74) is 1.81. The number of rotatable bonds is 4. The quantitative estimate of drug-likeness (QED) is 0.922. The summed E-state index contributed by atoms with van der Waals surface area (Å²) in [7, 11) is 0. The van der Waals surface area contributed by atoms with Crippen LogP contribution in [0, 0.1) is 0 Å². The summed E-state index contributed by atoms with van der Waals surface area (Å²) < 4.78 is 0. The summed E-state index contributed by atoms with van der Waals surface area (Å²) in [5.74, 6) is 0.330. The molecule has 1 atom stereocenters. The predicted octanol–water partition coefficient (Wildman–Crippen LogP) is 3.81. The van der Waals surface area contributed by atoms with E-state index in [0.717, 1.165) is 31.4 Å². The van der Waals surface area contributed by atoms with Gasteiger partial charge in [-0.25, -0.2) is 0 Å². The third kappa shape index (κ3) is 2.91. The Morgan fingerprint density at radius 1 is 0.905 bits per heavy atom. The molecule has 2 nitrogen and oxygen atoms in total. The van der Waals surface area contributed by atoms with Crippen molar-refractivity contribution in [2.75, 3.05) is 0 Å². The molecule has 1 N–H and O–H groups in total. The van der Waals surface area contributed by atoms with Gasteiger partial charge in [0.2, 0.25) is 0 Å². The Morgan fingerprint density at radius 3 is 2.24 bits per heavy atom. The molecule has 3 rings (SSSR count). The van der Waals surface area contributed by atoms with Crippen LogP contribution in [0.25, 0.3) is 0 Å². The Kier molecular flexibility index (Phi) is 4.16. The molecule has 0 spiro atoms. The minimum Gasteiger partial charge on any atom is -0.297 e. The van der Waals surface area contributed by atoms with Crippen LogP contribution >= 0.6 is 0 Å². The monoisotopic (exact) mass is 279 g/mol. The minimum atomic E-state index is -0.505. The Bertz CT molecular complexity index is 593. The molecule has 0 bridgehead atoms. The lowest BCUT2D eigenvalue weighted by atomic mass is 9.75. The molecule has 2 heteroatoms. The van der Waals surface area contributed by atoms with Gasteiger partial charge in [0.05, 0.1) is 0 Å². The van der Waals surface area contributed by atoms with Crippen LogP contribution in [0.1, 0.15) is 36.8 Å². The van der Waals surface area contributed by atoms with Crippen molar-refractivity contribution in [2.45, 2.75) is 37.8 Å². The van der Waals surface area contributed by atoms with Crippen LogP contribution in [0.3, 0.4) is 0 Å². The number of hydrogen-bond donors (Lipinski definition) is 1. The molecular weight excluding hydrogens is 258 g/mol. The molecule has 108 valence electrons. The molecule has 0 aromatic heterocycles. The molecule has 0 aliphatic heterocycles. The maximum atomic E-state index is 12.7. The average molecular weight is 279 g/mol. The topological polar surface area (TPSA) is 29.1 Å². The summed E-state index contributed by atoms with van der Waals surface area (Å²) in [4.78, 5) is 12.7. The first-order valence-electron chi connectivity index (χ1n) is 7.69.